The van der Waals surface area contributed by atoms with Crippen LogP contribution in [0.1, 0.15) is 5.56 Å². The summed E-state index contributed by atoms with van der Waals surface area (Å²) in [5.41, 5.74) is 2.77. The largest absolute Gasteiger partial charge is 0.354 e. The lowest BCUT2D eigenvalue weighted by atomic mass is 10.1. The highest BCUT2D eigenvalue weighted by Crippen LogP contribution is 2.36. The van der Waals surface area contributed by atoms with E-state index in [9.17, 15) is 5.26 Å². The van der Waals surface area contributed by atoms with E-state index >= 15 is 0 Å². The van der Waals surface area contributed by atoms with E-state index in [0.717, 1.165) is 31.1 Å². The second-order valence-electron chi connectivity index (χ2n) is 6.01. The van der Waals surface area contributed by atoms with Gasteiger partial charge in [-0.25, -0.2) is 4.98 Å². The Morgan fingerprint density at radius 2 is 2.07 bits per heavy atom. The first-order chi connectivity index (χ1) is 13.5. The Balaban J connectivity index is 1.69. The number of anilines is 2. The topological polar surface area (TPSA) is 66.5 Å². The number of imidazole rings is 1. The molecule has 5 nitrogen and oxygen atoms in total. The molecule has 0 radical (unpaired) electrons. The average molecular weight is 471 g/mol. The van der Waals surface area contributed by atoms with Crippen molar-refractivity contribution in [3.8, 4) is 6.07 Å². The number of benzene rings is 2. The Labute approximate surface area is 179 Å². The van der Waals surface area contributed by atoms with E-state index in [1.54, 1.807) is 12.4 Å². The van der Waals surface area contributed by atoms with E-state index in [-0.39, 0.29) is 0 Å². The highest BCUT2D eigenvalue weighted by Gasteiger charge is 2.12. The highest BCUT2D eigenvalue weighted by atomic mass is 79.9. The van der Waals surface area contributed by atoms with Gasteiger partial charge in [0, 0.05) is 46.1 Å². The number of nitrogens with zero attached hydrogens (tertiary/aromatic N) is 4. The van der Waals surface area contributed by atoms with Gasteiger partial charge in [0.05, 0.1) is 21.8 Å². The number of aryl methyl sites for hydroxylation is 1. The van der Waals surface area contributed by atoms with Crippen LogP contribution in [-0.4, -0.2) is 14.5 Å². The number of halogens is 2. The third-order valence-electron chi connectivity index (χ3n) is 4.13. The molecule has 0 aliphatic carbocycles. The predicted octanol–water partition coefficient (Wildman–Crippen LogP) is 6.15. The molecule has 0 saturated heterocycles. The molecule has 2 aromatic heterocycles. The van der Waals surface area contributed by atoms with Crippen molar-refractivity contribution in [3.63, 3.8) is 0 Å². The van der Waals surface area contributed by atoms with Gasteiger partial charge in [-0.05, 0) is 36.4 Å². The molecule has 0 amide bonds. The van der Waals surface area contributed by atoms with Crippen LogP contribution in [0.2, 0.25) is 5.02 Å². The summed E-state index contributed by atoms with van der Waals surface area (Å²) < 4.78 is 2.87. The zero-order chi connectivity index (χ0) is 19.7. The van der Waals surface area contributed by atoms with E-state index < -0.39 is 0 Å². The molecule has 0 unspecified atom stereocenters. The van der Waals surface area contributed by atoms with Crippen molar-refractivity contribution >= 4 is 61.6 Å². The molecule has 0 fully saturated rings. The molecular weight excluding hydrogens is 458 g/mol. The normalized spacial score (nSPS) is 10.8. The van der Waals surface area contributed by atoms with Gasteiger partial charge in [-0.15, -0.1) is 0 Å². The van der Waals surface area contributed by atoms with Crippen LogP contribution >= 0.6 is 39.3 Å². The fourth-order valence-corrected chi connectivity index (χ4v) is 4.19. The number of pyridine rings is 1. The van der Waals surface area contributed by atoms with Crippen LogP contribution in [0.3, 0.4) is 0 Å². The fourth-order valence-electron chi connectivity index (χ4n) is 2.74. The zero-order valence-electron chi connectivity index (χ0n) is 14.6. The van der Waals surface area contributed by atoms with E-state index in [1.807, 2.05) is 54.2 Å². The molecule has 8 heteroatoms. The molecule has 4 aromatic rings. The van der Waals surface area contributed by atoms with Crippen LogP contribution in [0.15, 0.2) is 69.5 Å². The maximum Gasteiger partial charge on any atom is 0.172 e. The summed E-state index contributed by atoms with van der Waals surface area (Å²) in [7, 11) is 1.94. The summed E-state index contributed by atoms with van der Waals surface area (Å²) in [6, 6.07) is 13.7. The van der Waals surface area contributed by atoms with Gasteiger partial charge in [0.25, 0.3) is 0 Å². The Morgan fingerprint density at radius 1 is 1.21 bits per heavy atom. The molecule has 2 aromatic carbocycles. The van der Waals surface area contributed by atoms with Crippen molar-refractivity contribution in [1.82, 2.24) is 14.5 Å². The van der Waals surface area contributed by atoms with Crippen molar-refractivity contribution in [1.29, 1.82) is 5.26 Å². The number of nitriles is 1. The summed E-state index contributed by atoms with van der Waals surface area (Å²) in [5, 5.41) is 15.2. The molecule has 0 bridgehead atoms. The quantitative estimate of drug-likeness (QED) is 0.387. The molecule has 0 saturated carbocycles. The first-order valence-electron chi connectivity index (χ1n) is 8.25. The van der Waals surface area contributed by atoms with Crippen molar-refractivity contribution in [2.75, 3.05) is 5.32 Å². The minimum atomic E-state index is 0.470. The second-order valence-corrected chi connectivity index (χ2v) is 8.35. The Bertz CT molecular complexity index is 1230. The lowest BCUT2D eigenvalue weighted by Gasteiger charge is -2.13. The van der Waals surface area contributed by atoms with Crippen molar-refractivity contribution in [3.05, 3.63) is 70.0 Å². The molecule has 138 valence electrons. The number of rotatable bonds is 4. The Morgan fingerprint density at radius 3 is 2.79 bits per heavy atom. The minimum absolute atomic E-state index is 0.470. The van der Waals surface area contributed by atoms with Crippen LogP contribution < -0.4 is 5.32 Å². The number of nitrogens with one attached hydrogen (secondary N) is 1. The first kappa shape index (κ1) is 18.8. The number of hydrogen-bond acceptors (Lipinski definition) is 5. The van der Waals surface area contributed by atoms with Crippen LogP contribution in [0.4, 0.5) is 11.4 Å². The smallest absolute Gasteiger partial charge is 0.172 e. The van der Waals surface area contributed by atoms with E-state index in [2.05, 4.69) is 37.3 Å². The van der Waals surface area contributed by atoms with E-state index in [4.69, 9.17) is 11.6 Å². The molecule has 2 heterocycles. The average Bonchev–Trinajstić information content (AvgIpc) is 3.08. The van der Waals surface area contributed by atoms with Gasteiger partial charge in [-0.2, -0.15) is 5.26 Å². The molecular formula is C20H13BrClN5S. The van der Waals surface area contributed by atoms with E-state index in [1.165, 1.54) is 11.8 Å². The molecule has 0 spiro atoms. The summed E-state index contributed by atoms with van der Waals surface area (Å²) in [6.07, 6.45) is 5.22. The van der Waals surface area contributed by atoms with Crippen LogP contribution in [-0.2, 0) is 7.05 Å². The third kappa shape index (κ3) is 3.72. The maximum atomic E-state index is 9.50. The summed E-state index contributed by atoms with van der Waals surface area (Å²) in [5.74, 6) is 0. The monoisotopic (exact) mass is 469 g/mol. The van der Waals surface area contributed by atoms with Gasteiger partial charge in [-0.1, -0.05) is 39.3 Å². The van der Waals surface area contributed by atoms with Crippen molar-refractivity contribution in [2.45, 2.75) is 10.1 Å². The number of fused-ring (bicyclic) bond motifs is 1. The fraction of sp³-hybridized carbons (Fsp3) is 0.0500. The lowest BCUT2D eigenvalue weighted by molar-refractivity contribution is 0.790. The van der Waals surface area contributed by atoms with Crippen molar-refractivity contribution in [2.24, 2.45) is 7.05 Å². The number of hydrogen-bond donors (Lipinski definition) is 1. The molecule has 0 aliphatic rings. The Hall–Kier alpha value is -2.53. The van der Waals surface area contributed by atoms with Crippen LogP contribution in [0.5, 0.6) is 0 Å². The predicted molar refractivity (Wildman–Crippen MR) is 116 cm³/mol. The SMILES string of the molecule is Cn1ccnc1Sc1ccc(Nc2c(C#N)cnc3cc(Br)ccc23)cc1Cl. The lowest BCUT2D eigenvalue weighted by Crippen LogP contribution is -1.97. The standard InChI is InChI=1S/C20H13BrClN5S/c1-27-7-6-24-20(27)28-18-5-3-14(9-16(18)22)26-19-12(10-23)11-25-17-8-13(21)2-4-15(17)19/h2-9,11H,1H3,(H,25,26). The van der Waals surface area contributed by atoms with Gasteiger partial charge in [0.15, 0.2) is 5.16 Å². The van der Waals surface area contributed by atoms with Gasteiger partial charge in [0.2, 0.25) is 0 Å². The van der Waals surface area contributed by atoms with Gasteiger partial charge in [-0.3, -0.25) is 4.98 Å². The first-order valence-corrected chi connectivity index (χ1v) is 10.2. The van der Waals surface area contributed by atoms with Crippen LogP contribution in [0.25, 0.3) is 10.9 Å². The van der Waals surface area contributed by atoms with Crippen LogP contribution in [0, 0.1) is 11.3 Å². The second kappa shape index (κ2) is 7.84. The van der Waals surface area contributed by atoms with Gasteiger partial charge in [0.1, 0.15) is 6.07 Å². The molecule has 0 aliphatic heterocycles. The molecule has 1 N–H and O–H groups in total. The highest BCUT2D eigenvalue weighted by molar-refractivity contribution is 9.10. The minimum Gasteiger partial charge on any atom is -0.354 e. The van der Waals surface area contributed by atoms with Gasteiger partial charge < -0.3 is 9.88 Å². The molecule has 0 atom stereocenters. The third-order valence-corrected chi connectivity index (χ3v) is 6.20. The Kier molecular flexibility index (Phi) is 5.27. The molecule has 28 heavy (non-hydrogen) atoms. The van der Waals surface area contributed by atoms with E-state index in [0.29, 0.717) is 16.3 Å². The van der Waals surface area contributed by atoms with Crippen molar-refractivity contribution < 1.29 is 0 Å². The van der Waals surface area contributed by atoms with Gasteiger partial charge >= 0.3 is 0 Å². The summed E-state index contributed by atoms with van der Waals surface area (Å²) >= 11 is 11.4. The summed E-state index contributed by atoms with van der Waals surface area (Å²) in [4.78, 5) is 9.58. The maximum absolute atomic E-state index is 9.50. The zero-order valence-corrected chi connectivity index (χ0v) is 17.8. The molecule has 4 rings (SSSR count). The number of aromatic nitrogens is 3. The summed E-state index contributed by atoms with van der Waals surface area (Å²) in [6.45, 7) is 0.